The lowest BCUT2D eigenvalue weighted by Gasteiger charge is -2.29. The maximum Gasteiger partial charge on any atom is 0.326 e. The molecule has 1 rings (SSSR count). The zero-order valence-corrected chi connectivity index (χ0v) is 34.6. The molecule has 61 heavy (non-hydrogen) atoms. The molecule has 8 atom stereocenters. The van der Waals surface area contributed by atoms with Crippen LogP contribution in [0.1, 0.15) is 78.7 Å². The Balaban J connectivity index is 3.41. The van der Waals surface area contributed by atoms with Gasteiger partial charge in [0.25, 0.3) is 0 Å². The Bertz CT molecular complexity index is 1740. The Morgan fingerprint density at radius 1 is 0.590 bits per heavy atom. The topological polar surface area (TPSA) is 402 Å². The van der Waals surface area contributed by atoms with Gasteiger partial charge in [-0.05, 0) is 55.7 Å². The second-order valence-corrected chi connectivity index (χ2v) is 15.2. The van der Waals surface area contributed by atoms with Gasteiger partial charge in [0.1, 0.15) is 48.0 Å². The number of hydrogen-bond donors (Lipinski definition) is 13. The van der Waals surface area contributed by atoms with E-state index in [1.807, 2.05) is 0 Å². The molecule has 0 aliphatic rings. The molecule has 0 fully saturated rings. The number of aromatic hydroxyl groups is 1. The van der Waals surface area contributed by atoms with Crippen LogP contribution in [0.15, 0.2) is 24.3 Å². The number of hydrogen-bond acceptors (Lipinski definition) is 13. The van der Waals surface area contributed by atoms with Crippen molar-refractivity contribution in [3.05, 3.63) is 29.8 Å². The molecule has 0 aromatic heterocycles. The zero-order valence-electron chi connectivity index (χ0n) is 34.6. The van der Waals surface area contributed by atoms with Crippen LogP contribution in [0.2, 0.25) is 0 Å². The van der Waals surface area contributed by atoms with Crippen LogP contribution in [0.4, 0.5) is 0 Å². The summed E-state index contributed by atoms with van der Waals surface area (Å²) in [5.74, 6) is -11.7. The summed E-state index contributed by atoms with van der Waals surface area (Å²) in [7, 11) is 0. The second kappa shape index (κ2) is 25.3. The lowest BCUT2D eigenvalue weighted by molar-refractivity contribution is -0.143. The number of nitrogens with one attached hydrogen (secondary N) is 6. The molecule has 0 radical (unpaired) electrons. The van der Waals surface area contributed by atoms with E-state index in [0.29, 0.717) is 5.56 Å². The fourth-order valence-corrected chi connectivity index (χ4v) is 5.63. The number of benzene rings is 1. The summed E-state index contributed by atoms with van der Waals surface area (Å²) < 4.78 is 0. The summed E-state index contributed by atoms with van der Waals surface area (Å²) in [6.45, 7) is 7.74. The van der Waals surface area contributed by atoms with Crippen LogP contribution in [0, 0.1) is 11.8 Å². The van der Waals surface area contributed by atoms with E-state index in [2.05, 4.69) is 31.9 Å². The van der Waals surface area contributed by atoms with Crippen LogP contribution in [-0.2, 0) is 54.4 Å². The van der Waals surface area contributed by atoms with Gasteiger partial charge in [0.05, 0.1) is 12.5 Å². The van der Waals surface area contributed by atoms with E-state index in [-0.39, 0.29) is 30.9 Å². The third-order valence-electron chi connectivity index (χ3n) is 9.03. The minimum atomic E-state index is -1.74. The first kappa shape index (κ1) is 52.7. The summed E-state index contributed by atoms with van der Waals surface area (Å²) in [5, 5.41) is 52.4. The number of primary amides is 2. The van der Waals surface area contributed by atoms with Gasteiger partial charge in [0.2, 0.25) is 47.3 Å². The van der Waals surface area contributed by atoms with Crippen molar-refractivity contribution in [1.29, 1.82) is 0 Å². The molecule has 0 saturated heterocycles. The Kier molecular flexibility index (Phi) is 21.8. The van der Waals surface area contributed by atoms with Crippen LogP contribution in [0.5, 0.6) is 5.75 Å². The molecule has 0 heterocycles. The third-order valence-corrected chi connectivity index (χ3v) is 9.03. The molecule has 0 aliphatic heterocycles. The first-order chi connectivity index (χ1) is 28.3. The van der Waals surface area contributed by atoms with Gasteiger partial charge in [0, 0.05) is 19.3 Å². The molecule has 1 aromatic carbocycles. The molecule has 0 saturated carbocycles. The number of aliphatic hydroxyl groups is 1. The van der Waals surface area contributed by atoms with E-state index in [4.69, 9.17) is 22.3 Å². The van der Waals surface area contributed by atoms with Gasteiger partial charge < -0.3 is 69.5 Å². The average Bonchev–Trinajstić information content (AvgIpc) is 3.15. The Morgan fingerprint density at radius 2 is 1.07 bits per heavy atom. The molecule has 1 aromatic rings. The van der Waals surface area contributed by atoms with Crippen LogP contribution in [-0.4, -0.2) is 128 Å². The number of amides is 8. The quantitative estimate of drug-likeness (QED) is 0.0406. The first-order valence-electron chi connectivity index (χ1n) is 19.4. The number of phenolic OH excluding ortho intramolecular Hbond substituents is 1. The van der Waals surface area contributed by atoms with E-state index in [1.165, 1.54) is 45.0 Å². The second-order valence-electron chi connectivity index (χ2n) is 15.2. The van der Waals surface area contributed by atoms with E-state index < -0.39 is 139 Å². The first-order valence-corrected chi connectivity index (χ1v) is 19.4. The van der Waals surface area contributed by atoms with E-state index in [1.54, 1.807) is 13.8 Å². The number of rotatable bonds is 27. The van der Waals surface area contributed by atoms with E-state index in [0.717, 1.165) is 0 Å². The molecular formula is C38H59N9O14. The van der Waals surface area contributed by atoms with Crippen molar-refractivity contribution in [3.63, 3.8) is 0 Å². The van der Waals surface area contributed by atoms with Gasteiger partial charge in [-0.2, -0.15) is 0 Å². The predicted octanol–water partition coefficient (Wildman–Crippen LogP) is -3.66. The van der Waals surface area contributed by atoms with E-state index in [9.17, 15) is 63.3 Å². The SMILES string of the molecule is CC(C)C[C@H](NC(=O)[C@@H](NC(=O)[C@H](CC(N)=O)NC(=O)[C@H](CCC(N)=O)NC(=O)[C@@H](N)[C@@H](C)O)C(C)C)C(=O)N[C@@H](Cc1ccc(O)cc1)C(=O)N[C@@H](CCC(=O)O)C(=O)O. The lowest BCUT2D eigenvalue weighted by Crippen LogP contribution is -2.61. The van der Waals surface area contributed by atoms with Gasteiger partial charge in [-0.15, -0.1) is 0 Å². The van der Waals surface area contributed by atoms with Gasteiger partial charge in [-0.3, -0.25) is 43.2 Å². The summed E-state index contributed by atoms with van der Waals surface area (Å²) in [5.41, 5.74) is 16.6. The smallest absolute Gasteiger partial charge is 0.326 e. The van der Waals surface area contributed by atoms with Crippen molar-refractivity contribution in [2.24, 2.45) is 29.0 Å². The molecule has 0 bridgehead atoms. The Labute approximate surface area is 351 Å². The normalized spacial score (nSPS) is 15.0. The molecule has 340 valence electrons. The van der Waals surface area contributed by atoms with Gasteiger partial charge >= 0.3 is 11.9 Å². The fourth-order valence-electron chi connectivity index (χ4n) is 5.63. The van der Waals surface area contributed by atoms with Crippen molar-refractivity contribution >= 4 is 59.2 Å². The monoisotopic (exact) mass is 865 g/mol. The number of carbonyl (C=O) groups excluding carboxylic acids is 8. The number of aliphatic hydroxyl groups excluding tert-OH is 1. The number of carbonyl (C=O) groups is 10. The zero-order chi connectivity index (χ0) is 46.7. The Morgan fingerprint density at radius 3 is 1.56 bits per heavy atom. The van der Waals surface area contributed by atoms with Crippen molar-refractivity contribution in [2.75, 3.05) is 0 Å². The van der Waals surface area contributed by atoms with Crippen molar-refractivity contribution in [3.8, 4) is 5.75 Å². The number of carboxylic acid groups (broad SMARTS) is 2. The molecular weight excluding hydrogens is 806 g/mol. The van der Waals surface area contributed by atoms with Crippen LogP contribution in [0.25, 0.3) is 0 Å². The highest BCUT2D eigenvalue weighted by Gasteiger charge is 2.36. The minimum Gasteiger partial charge on any atom is -0.508 e. The van der Waals surface area contributed by atoms with Crippen molar-refractivity contribution < 1.29 is 68.4 Å². The predicted molar refractivity (Wildman–Crippen MR) is 214 cm³/mol. The molecule has 0 spiro atoms. The highest BCUT2D eigenvalue weighted by atomic mass is 16.4. The molecule has 0 unspecified atom stereocenters. The van der Waals surface area contributed by atoms with Gasteiger partial charge in [0.15, 0.2) is 0 Å². The summed E-state index contributed by atoms with van der Waals surface area (Å²) >= 11 is 0. The fraction of sp³-hybridized carbons (Fsp3) is 0.579. The summed E-state index contributed by atoms with van der Waals surface area (Å²) in [4.78, 5) is 127. The Hall–Kier alpha value is -6.36. The third kappa shape index (κ3) is 19.5. The molecule has 23 nitrogen and oxygen atoms in total. The van der Waals surface area contributed by atoms with Gasteiger partial charge in [-0.25, -0.2) is 4.79 Å². The van der Waals surface area contributed by atoms with E-state index >= 15 is 0 Å². The highest BCUT2D eigenvalue weighted by molar-refractivity contribution is 5.98. The number of phenols is 1. The highest BCUT2D eigenvalue weighted by Crippen LogP contribution is 2.14. The summed E-state index contributed by atoms with van der Waals surface area (Å²) in [6.07, 6.45) is -4.22. The molecule has 16 N–H and O–H groups in total. The minimum absolute atomic E-state index is 0.0161. The largest absolute Gasteiger partial charge is 0.508 e. The maximum atomic E-state index is 13.9. The molecule has 8 amide bonds. The average molecular weight is 866 g/mol. The van der Waals surface area contributed by atoms with Crippen LogP contribution >= 0.6 is 0 Å². The van der Waals surface area contributed by atoms with Crippen molar-refractivity contribution in [2.45, 2.75) is 128 Å². The molecule has 0 aliphatic carbocycles. The number of aliphatic carboxylic acids is 2. The van der Waals surface area contributed by atoms with Crippen molar-refractivity contribution in [1.82, 2.24) is 31.9 Å². The lowest BCUT2D eigenvalue weighted by atomic mass is 9.98. The van der Waals surface area contributed by atoms with Crippen LogP contribution < -0.4 is 49.1 Å². The number of nitrogens with two attached hydrogens (primary N) is 3. The standard InChI is InChI=1S/C38H59N9O14/c1-17(2)14-24(33(55)44-25(15-20-6-8-21(49)9-7-20)34(56)43-23(38(60)61)11-13-29(52)53)46-37(59)31(18(3)4)47-35(57)26(16-28(40)51)45-32(54)22(10-12-27(39)50)42-36(58)30(41)19(5)48/h6-9,17-19,22-26,30-31,48-49H,10-16,41H2,1-5H3,(H2,39,50)(H2,40,51)(H,42,58)(H,43,56)(H,44,55)(H,45,54)(H,46,59)(H,47,57)(H,52,53)(H,60,61)/t19-,22+,23+,24+,25+,26+,30+,31+/m1/s1. The summed E-state index contributed by atoms with van der Waals surface area (Å²) in [6, 6.07) is -5.15. The number of carboxylic acids is 2. The maximum absolute atomic E-state index is 13.9. The van der Waals surface area contributed by atoms with Crippen LogP contribution in [0.3, 0.4) is 0 Å². The molecule has 23 heteroatoms. The van der Waals surface area contributed by atoms with Gasteiger partial charge in [-0.1, -0.05) is 39.8 Å².